The fraction of sp³-hybridized carbons (Fsp3) is 0.542. The van der Waals surface area contributed by atoms with Crippen molar-refractivity contribution in [2.75, 3.05) is 13.7 Å². The smallest absolute Gasteiger partial charge is 0.223 e. The molecule has 162 valence electrons. The summed E-state index contributed by atoms with van der Waals surface area (Å²) < 4.78 is 5.39. The molecule has 4 rings (SSSR count). The largest absolute Gasteiger partial charge is 0.497 e. The highest BCUT2D eigenvalue weighted by atomic mass is 32.1. The minimum absolute atomic E-state index is 0.0645. The monoisotopic (exact) mass is 428 g/mol. The molecule has 1 saturated heterocycles. The molecule has 2 aromatic rings. The van der Waals surface area contributed by atoms with Gasteiger partial charge in [-0.3, -0.25) is 9.69 Å². The number of methoxy groups -OCH3 is 1. The second kappa shape index (κ2) is 9.08. The normalized spacial score (nSPS) is 27.8. The maximum absolute atomic E-state index is 13.0. The Hall–Kier alpha value is -1.89. The molecular formula is C24H32N2O3S. The molecule has 2 aliphatic rings. The molecule has 3 atom stereocenters. The molecule has 2 N–H and O–H groups in total. The lowest BCUT2D eigenvalue weighted by atomic mass is 9.81. The highest BCUT2D eigenvalue weighted by molar-refractivity contribution is 7.10. The van der Waals surface area contributed by atoms with Gasteiger partial charge in [-0.1, -0.05) is 31.0 Å². The van der Waals surface area contributed by atoms with Gasteiger partial charge in [0.1, 0.15) is 5.75 Å². The molecule has 1 saturated carbocycles. The van der Waals surface area contributed by atoms with Crippen LogP contribution in [0.5, 0.6) is 5.75 Å². The van der Waals surface area contributed by atoms with Gasteiger partial charge in [0.05, 0.1) is 24.8 Å². The highest BCUT2D eigenvalue weighted by Gasteiger charge is 2.47. The Kier molecular flexibility index (Phi) is 6.46. The number of amides is 1. The lowest BCUT2D eigenvalue weighted by molar-refractivity contribution is -0.132. The minimum atomic E-state index is -0.951. The van der Waals surface area contributed by atoms with Crippen LogP contribution in [0, 0.1) is 5.92 Å². The summed E-state index contributed by atoms with van der Waals surface area (Å²) in [7, 11) is 1.68. The average Bonchev–Trinajstić information content (AvgIpc) is 3.45. The van der Waals surface area contributed by atoms with Gasteiger partial charge >= 0.3 is 0 Å². The van der Waals surface area contributed by atoms with Crippen molar-refractivity contribution in [2.45, 2.75) is 63.3 Å². The van der Waals surface area contributed by atoms with E-state index in [4.69, 9.17) is 4.74 Å². The van der Waals surface area contributed by atoms with Crippen molar-refractivity contribution in [1.29, 1.82) is 0 Å². The number of aliphatic hydroxyl groups is 1. The van der Waals surface area contributed by atoms with E-state index in [0.717, 1.165) is 44.5 Å². The quantitative estimate of drug-likeness (QED) is 0.726. The summed E-state index contributed by atoms with van der Waals surface area (Å²) >= 11 is 1.69. The van der Waals surface area contributed by atoms with Gasteiger partial charge in [-0.05, 0) is 55.3 Å². The van der Waals surface area contributed by atoms with Crippen molar-refractivity contribution >= 4 is 17.2 Å². The van der Waals surface area contributed by atoms with Gasteiger partial charge < -0.3 is 15.2 Å². The Morgan fingerprint density at radius 1 is 1.30 bits per heavy atom. The third-order valence-electron chi connectivity index (χ3n) is 6.66. The van der Waals surface area contributed by atoms with Crippen molar-refractivity contribution in [1.82, 2.24) is 10.2 Å². The molecule has 6 heteroatoms. The molecular weight excluding hydrogens is 396 g/mol. The minimum Gasteiger partial charge on any atom is -0.497 e. The van der Waals surface area contributed by atoms with E-state index >= 15 is 0 Å². The number of ether oxygens (including phenoxy) is 1. The molecule has 0 bridgehead atoms. The van der Waals surface area contributed by atoms with Gasteiger partial charge in [-0.2, -0.15) is 0 Å². The summed E-state index contributed by atoms with van der Waals surface area (Å²) in [6.45, 7) is 3.38. The zero-order valence-corrected chi connectivity index (χ0v) is 18.7. The number of hydrogen-bond donors (Lipinski definition) is 2. The SMILES string of the molecule is COc1cccc(CN2CCC(C)(O)C(NC(=O)C3CCCC3)C2c2cccs2)c1. The number of hydrogen-bond acceptors (Lipinski definition) is 5. The van der Waals surface area contributed by atoms with Crippen LogP contribution in [0.15, 0.2) is 41.8 Å². The van der Waals surface area contributed by atoms with Gasteiger partial charge in [0.2, 0.25) is 5.91 Å². The van der Waals surface area contributed by atoms with Crippen LogP contribution in [0.2, 0.25) is 0 Å². The van der Waals surface area contributed by atoms with Crippen LogP contribution in [0.25, 0.3) is 0 Å². The number of piperidine rings is 1. The third-order valence-corrected chi connectivity index (χ3v) is 7.61. The summed E-state index contributed by atoms with van der Waals surface area (Å²) in [5.74, 6) is 1.02. The Labute approximate surface area is 183 Å². The van der Waals surface area contributed by atoms with Crippen LogP contribution in [-0.2, 0) is 11.3 Å². The Balaban J connectivity index is 1.62. The number of carbonyl (C=O) groups excluding carboxylic acids is 1. The second-order valence-corrected chi connectivity index (χ2v) is 9.84. The van der Waals surface area contributed by atoms with Crippen LogP contribution in [0.4, 0.5) is 0 Å². The maximum atomic E-state index is 13.0. The predicted octanol–water partition coefficient (Wildman–Crippen LogP) is 4.13. The summed E-state index contributed by atoms with van der Waals surface area (Å²) in [6.07, 6.45) is 4.77. The fourth-order valence-electron chi connectivity index (χ4n) is 4.90. The van der Waals surface area contributed by atoms with E-state index in [1.807, 2.05) is 25.1 Å². The zero-order chi connectivity index (χ0) is 21.1. The summed E-state index contributed by atoms with van der Waals surface area (Å²) in [4.78, 5) is 16.6. The molecule has 3 unspecified atom stereocenters. The molecule has 0 spiro atoms. The number of rotatable bonds is 6. The third kappa shape index (κ3) is 4.56. The van der Waals surface area contributed by atoms with Crippen LogP contribution < -0.4 is 10.1 Å². The molecule has 1 aliphatic carbocycles. The maximum Gasteiger partial charge on any atom is 0.223 e. The highest BCUT2D eigenvalue weighted by Crippen LogP contribution is 2.40. The van der Waals surface area contributed by atoms with E-state index < -0.39 is 5.60 Å². The van der Waals surface area contributed by atoms with Crippen molar-refractivity contribution in [3.8, 4) is 5.75 Å². The topological polar surface area (TPSA) is 61.8 Å². The van der Waals surface area contributed by atoms with Gasteiger partial charge in [-0.25, -0.2) is 0 Å². The number of benzene rings is 1. The molecule has 0 radical (unpaired) electrons. The number of nitrogens with one attached hydrogen (secondary N) is 1. The van der Waals surface area contributed by atoms with Crippen LogP contribution in [0.3, 0.4) is 0 Å². The first kappa shape index (κ1) is 21.3. The van der Waals surface area contributed by atoms with Crippen molar-refractivity contribution < 1.29 is 14.6 Å². The molecule has 5 nitrogen and oxygen atoms in total. The van der Waals surface area contributed by atoms with E-state index in [2.05, 4.69) is 33.8 Å². The van der Waals surface area contributed by atoms with Crippen molar-refractivity contribution in [3.63, 3.8) is 0 Å². The fourth-order valence-corrected chi connectivity index (χ4v) is 5.79. The van der Waals surface area contributed by atoms with E-state index in [0.29, 0.717) is 6.42 Å². The average molecular weight is 429 g/mol. The van der Waals surface area contributed by atoms with Gasteiger partial charge in [0, 0.05) is 23.9 Å². The van der Waals surface area contributed by atoms with Gasteiger partial charge in [0.25, 0.3) is 0 Å². The van der Waals surface area contributed by atoms with E-state index in [-0.39, 0.29) is 23.9 Å². The van der Waals surface area contributed by atoms with Gasteiger partial charge in [0.15, 0.2) is 0 Å². The molecule has 1 aliphatic heterocycles. The van der Waals surface area contributed by atoms with E-state index in [9.17, 15) is 9.90 Å². The Bertz CT molecular complexity index is 846. The van der Waals surface area contributed by atoms with Crippen molar-refractivity contribution in [3.05, 3.63) is 52.2 Å². The van der Waals surface area contributed by atoms with Crippen LogP contribution >= 0.6 is 11.3 Å². The Morgan fingerprint density at radius 2 is 2.10 bits per heavy atom. The van der Waals surface area contributed by atoms with Crippen LogP contribution in [0.1, 0.15) is 55.5 Å². The van der Waals surface area contributed by atoms with E-state index in [1.165, 1.54) is 10.4 Å². The first-order chi connectivity index (χ1) is 14.5. The lowest BCUT2D eigenvalue weighted by Gasteiger charge is -2.49. The Morgan fingerprint density at radius 3 is 2.80 bits per heavy atom. The van der Waals surface area contributed by atoms with Gasteiger partial charge in [-0.15, -0.1) is 11.3 Å². The standard InChI is InChI=1S/C24H32N2O3S/c1-24(28)12-13-26(16-17-7-5-10-19(15-17)29-2)21(20-11-6-14-30-20)22(24)25-23(27)18-8-3-4-9-18/h5-7,10-11,14-15,18,21-22,28H,3-4,8-9,12-13,16H2,1-2H3,(H,25,27). The summed E-state index contributed by atoms with van der Waals surface area (Å²) in [5, 5.41) is 16.7. The summed E-state index contributed by atoms with van der Waals surface area (Å²) in [5.41, 5.74) is 0.215. The zero-order valence-electron chi connectivity index (χ0n) is 17.8. The lowest BCUT2D eigenvalue weighted by Crippen LogP contribution is -2.62. The first-order valence-corrected chi connectivity index (χ1v) is 11.8. The molecule has 1 aromatic carbocycles. The molecule has 30 heavy (non-hydrogen) atoms. The van der Waals surface area contributed by atoms with Crippen molar-refractivity contribution in [2.24, 2.45) is 5.92 Å². The second-order valence-electron chi connectivity index (χ2n) is 8.86. The number of carbonyl (C=O) groups is 1. The number of thiophene rings is 1. The molecule has 1 amide bonds. The number of likely N-dealkylation sites (tertiary alicyclic amines) is 1. The predicted molar refractivity (Wildman–Crippen MR) is 120 cm³/mol. The first-order valence-electron chi connectivity index (χ1n) is 10.9. The van der Waals surface area contributed by atoms with E-state index in [1.54, 1.807) is 18.4 Å². The molecule has 1 aromatic heterocycles. The van der Waals surface area contributed by atoms with Crippen LogP contribution in [-0.4, -0.2) is 41.2 Å². The molecule has 2 fully saturated rings. The molecule has 2 heterocycles. The number of nitrogens with zero attached hydrogens (tertiary/aromatic N) is 1. The summed E-state index contributed by atoms with van der Waals surface area (Å²) in [6, 6.07) is 11.9.